The molecule has 4 heteroatoms. The summed E-state index contributed by atoms with van der Waals surface area (Å²) in [4.78, 5) is 11.4. The quantitative estimate of drug-likeness (QED) is 0.492. The van der Waals surface area contributed by atoms with E-state index in [1.807, 2.05) is 0 Å². The topological polar surface area (TPSA) is 65.5 Å². The van der Waals surface area contributed by atoms with Crippen molar-refractivity contribution in [3.63, 3.8) is 0 Å². The Balaban J connectivity index is 2.16. The van der Waals surface area contributed by atoms with Gasteiger partial charge in [-0.25, -0.2) is 4.79 Å². The molecule has 1 aromatic carbocycles. The molecular weight excluding hydrogens is 242 g/mol. The predicted molar refractivity (Wildman–Crippen MR) is 76.5 cm³/mol. The van der Waals surface area contributed by atoms with Crippen LogP contribution in [0.5, 0.6) is 5.75 Å². The molecule has 2 aromatic rings. The number of ether oxygens (including phenoxy) is 1. The van der Waals surface area contributed by atoms with Crippen LogP contribution in [0.15, 0.2) is 33.5 Å². The molecule has 0 unspecified atom stereocenters. The van der Waals surface area contributed by atoms with Gasteiger partial charge in [0.05, 0.1) is 18.1 Å². The van der Waals surface area contributed by atoms with Crippen LogP contribution in [-0.4, -0.2) is 6.61 Å². The molecule has 0 saturated heterocycles. The zero-order chi connectivity index (χ0) is 13.7. The van der Waals surface area contributed by atoms with E-state index in [0.717, 1.165) is 18.2 Å². The monoisotopic (exact) mass is 261 g/mol. The number of fused-ring (bicyclic) bond motifs is 1. The van der Waals surface area contributed by atoms with Crippen LogP contribution >= 0.6 is 0 Å². The summed E-state index contributed by atoms with van der Waals surface area (Å²) < 4.78 is 10.8. The Morgan fingerprint density at radius 1 is 1.21 bits per heavy atom. The van der Waals surface area contributed by atoms with Crippen molar-refractivity contribution in [1.82, 2.24) is 0 Å². The number of nitrogens with two attached hydrogens (primary N) is 1. The third kappa shape index (κ3) is 3.50. The largest absolute Gasteiger partial charge is 0.493 e. The fourth-order valence-electron chi connectivity index (χ4n) is 1.98. The van der Waals surface area contributed by atoms with E-state index in [-0.39, 0.29) is 0 Å². The maximum Gasteiger partial charge on any atom is 0.339 e. The average molecular weight is 261 g/mol. The van der Waals surface area contributed by atoms with Crippen molar-refractivity contribution >= 4 is 16.7 Å². The van der Waals surface area contributed by atoms with Gasteiger partial charge < -0.3 is 14.9 Å². The van der Waals surface area contributed by atoms with Crippen LogP contribution in [0.25, 0.3) is 11.0 Å². The minimum absolute atomic E-state index is 0.402. The molecule has 2 N–H and O–H groups in total. The molecule has 0 spiro atoms. The van der Waals surface area contributed by atoms with Crippen molar-refractivity contribution in [3.05, 3.63) is 34.7 Å². The third-order valence-electron chi connectivity index (χ3n) is 2.98. The molecule has 0 aliphatic heterocycles. The van der Waals surface area contributed by atoms with E-state index in [1.165, 1.54) is 18.9 Å². The molecule has 1 aromatic heterocycles. The fourth-order valence-corrected chi connectivity index (χ4v) is 1.98. The first-order chi connectivity index (χ1) is 9.20. The van der Waals surface area contributed by atoms with E-state index in [0.29, 0.717) is 23.6 Å². The first-order valence-corrected chi connectivity index (χ1v) is 6.67. The molecule has 0 fully saturated rings. The highest BCUT2D eigenvalue weighted by Crippen LogP contribution is 2.25. The Hall–Kier alpha value is -1.97. The number of anilines is 1. The van der Waals surface area contributed by atoms with Crippen LogP contribution in [0.4, 0.5) is 5.69 Å². The molecule has 0 aliphatic carbocycles. The summed E-state index contributed by atoms with van der Waals surface area (Å²) in [6, 6.07) is 6.54. The molecule has 2 rings (SSSR count). The number of unbranched alkanes of at least 4 members (excludes halogenated alkanes) is 3. The van der Waals surface area contributed by atoms with Crippen molar-refractivity contribution in [1.29, 1.82) is 0 Å². The summed E-state index contributed by atoms with van der Waals surface area (Å²) in [5.41, 5.74) is 6.48. The highest BCUT2D eigenvalue weighted by Gasteiger charge is 2.07. The van der Waals surface area contributed by atoms with Crippen molar-refractivity contribution in [2.24, 2.45) is 0 Å². The molecule has 4 nitrogen and oxygen atoms in total. The first kappa shape index (κ1) is 13.5. The highest BCUT2D eigenvalue weighted by atomic mass is 16.5. The number of benzene rings is 1. The molecule has 0 bridgehead atoms. The minimum Gasteiger partial charge on any atom is -0.493 e. The zero-order valence-corrected chi connectivity index (χ0v) is 11.1. The maximum atomic E-state index is 11.4. The standard InChI is InChI=1S/C15H19NO3/c1-2-3-4-5-8-18-14-10-15(17)19-13-7-6-11(16)9-12(13)14/h6-7,9-10H,2-5,8,16H2,1H3. The van der Waals surface area contributed by atoms with Crippen molar-refractivity contribution in [2.75, 3.05) is 12.3 Å². The summed E-state index contributed by atoms with van der Waals surface area (Å²) in [5, 5.41) is 0.745. The van der Waals surface area contributed by atoms with Crippen LogP contribution in [0.1, 0.15) is 32.6 Å². The van der Waals surface area contributed by atoms with Gasteiger partial charge in [-0.3, -0.25) is 0 Å². The van der Waals surface area contributed by atoms with Gasteiger partial charge in [-0.15, -0.1) is 0 Å². The maximum absolute atomic E-state index is 11.4. The second-order valence-corrected chi connectivity index (χ2v) is 4.59. The summed E-state index contributed by atoms with van der Waals surface area (Å²) in [6.07, 6.45) is 4.51. The van der Waals surface area contributed by atoms with Gasteiger partial charge in [0, 0.05) is 5.69 Å². The Morgan fingerprint density at radius 2 is 2.05 bits per heavy atom. The number of rotatable bonds is 6. The van der Waals surface area contributed by atoms with Crippen molar-refractivity contribution in [2.45, 2.75) is 32.6 Å². The predicted octanol–water partition coefficient (Wildman–Crippen LogP) is 3.33. The summed E-state index contributed by atoms with van der Waals surface area (Å²) >= 11 is 0. The molecule has 102 valence electrons. The molecule has 0 aliphatic rings. The van der Waals surface area contributed by atoms with Crippen molar-refractivity contribution < 1.29 is 9.15 Å². The SMILES string of the molecule is CCCCCCOc1cc(=O)oc2ccc(N)cc12. The Labute approximate surface area is 112 Å². The normalized spacial score (nSPS) is 10.8. The first-order valence-electron chi connectivity index (χ1n) is 6.67. The van der Waals surface area contributed by atoms with E-state index in [4.69, 9.17) is 14.9 Å². The molecule has 19 heavy (non-hydrogen) atoms. The molecular formula is C15H19NO3. The van der Waals surface area contributed by atoms with Gasteiger partial charge in [-0.2, -0.15) is 0 Å². The van der Waals surface area contributed by atoms with Crippen LogP contribution in [-0.2, 0) is 0 Å². The summed E-state index contributed by atoms with van der Waals surface area (Å²) in [7, 11) is 0. The zero-order valence-electron chi connectivity index (χ0n) is 11.1. The molecule has 1 heterocycles. The minimum atomic E-state index is -0.402. The summed E-state index contributed by atoms with van der Waals surface area (Å²) in [6.45, 7) is 2.77. The van der Waals surface area contributed by atoms with Gasteiger partial charge in [-0.05, 0) is 24.6 Å². The second-order valence-electron chi connectivity index (χ2n) is 4.59. The average Bonchev–Trinajstić information content (AvgIpc) is 2.39. The lowest BCUT2D eigenvalue weighted by atomic mass is 10.2. The highest BCUT2D eigenvalue weighted by molar-refractivity contribution is 5.85. The second kappa shape index (κ2) is 6.27. The van der Waals surface area contributed by atoms with Crippen LogP contribution in [0.3, 0.4) is 0 Å². The molecule has 0 radical (unpaired) electrons. The van der Waals surface area contributed by atoms with Crippen LogP contribution in [0, 0.1) is 0 Å². The van der Waals surface area contributed by atoms with Gasteiger partial charge in [0.25, 0.3) is 0 Å². The number of hydrogen-bond donors (Lipinski definition) is 1. The Bertz CT molecular complexity index is 604. The third-order valence-corrected chi connectivity index (χ3v) is 2.98. The number of hydrogen-bond acceptors (Lipinski definition) is 4. The van der Waals surface area contributed by atoms with Gasteiger partial charge in [-0.1, -0.05) is 26.2 Å². The Morgan fingerprint density at radius 3 is 2.84 bits per heavy atom. The van der Waals surface area contributed by atoms with E-state index in [1.54, 1.807) is 18.2 Å². The van der Waals surface area contributed by atoms with Gasteiger partial charge in [0.1, 0.15) is 11.3 Å². The molecule has 0 amide bonds. The number of nitrogen functional groups attached to an aromatic ring is 1. The lowest BCUT2D eigenvalue weighted by Gasteiger charge is -2.08. The van der Waals surface area contributed by atoms with Crippen LogP contribution in [0.2, 0.25) is 0 Å². The van der Waals surface area contributed by atoms with E-state index in [9.17, 15) is 4.79 Å². The van der Waals surface area contributed by atoms with Gasteiger partial charge in [0.2, 0.25) is 0 Å². The summed E-state index contributed by atoms with van der Waals surface area (Å²) in [5.74, 6) is 0.551. The van der Waals surface area contributed by atoms with Gasteiger partial charge in [0.15, 0.2) is 0 Å². The molecule has 0 atom stereocenters. The van der Waals surface area contributed by atoms with E-state index in [2.05, 4.69) is 6.92 Å². The van der Waals surface area contributed by atoms with E-state index >= 15 is 0 Å². The van der Waals surface area contributed by atoms with Crippen molar-refractivity contribution in [3.8, 4) is 5.75 Å². The Kier molecular flexibility index (Phi) is 4.44. The van der Waals surface area contributed by atoms with Gasteiger partial charge >= 0.3 is 5.63 Å². The fraction of sp³-hybridized carbons (Fsp3) is 0.400. The lowest BCUT2D eigenvalue weighted by molar-refractivity contribution is 0.306. The molecule has 0 saturated carbocycles. The smallest absolute Gasteiger partial charge is 0.339 e. The van der Waals surface area contributed by atoms with E-state index < -0.39 is 5.63 Å². The lowest BCUT2D eigenvalue weighted by Crippen LogP contribution is -2.03. The van der Waals surface area contributed by atoms with Crippen LogP contribution < -0.4 is 16.1 Å².